The Kier molecular flexibility index (Phi) is 14.3. The molecule has 47 heavy (non-hydrogen) atoms. The third kappa shape index (κ3) is 13.4. The van der Waals surface area contributed by atoms with Crippen LogP contribution in [0.5, 0.6) is 5.75 Å². The van der Waals surface area contributed by atoms with Gasteiger partial charge >= 0.3 is 12.2 Å². The van der Waals surface area contributed by atoms with Crippen LogP contribution < -0.4 is 15.4 Å². The number of nitrogens with one attached hydrogen (secondary N) is 2. The number of anilines is 2. The molecule has 2 N–H and O–H groups in total. The van der Waals surface area contributed by atoms with Crippen LogP contribution in [0.15, 0.2) is 119 Å². The Morgan fingerprint density at radius 2 is 1.13 bits per heavy atom. The fraction of sp³-hybridized carbons (Fsp3) is 0.250. The molecule has 0 radical (unpaired) electrons. The van der Waals surface area contributed by atoms with Crippen LogP contribution in [-0.4, -0.2) is 56.5 Å². The summed E-state index contributed by atoms with van der Waals surface area (Å²) in [6.07, 6.45) is 1.64. The largest absolute Gasteiger partial charge is 0.494 e. The van der Waals surface area contributed by atoms with Crippen LogP contribution in [0.4, 0.5) is 32.3 Å². The first-order valence-corrected chi connectivity index (χ1v) is 15.4. The van der Waals surface area contributed by atoms with Gasteiger partial charge in [-0.15, -0.1) is 0 Å². The van der Waals surface area contributed by atoms with Gasteiger partial charge in [0.1, 0.15) is 19.0 Å². The molecule has 242 valence electrons. The number of carbonyl (C=O) groups is 2. The van der Waals surface area contributed by atoms with E-state index in [1.807, 2.05) is 60.7 Å². The van der Waals surface area contributed by atoms with Gasteiger partial charge in [-0.05, 0) is 98.6 Å². The monoisotopic (exact) mass is 634 g/mol. The van der Waals surface area contributed by atoms with E-state index in [0.717, 1.165) is 31.6 Å². The van der Waals surface area contributed by atoms with Crippen molar-refractivity contribution in [2.45, 2.75) is 19.3 Å². The van der Waals surface area contributed by atoms with Crippen molar-refractivity contribution >= 4 is 34.9 Å². The molecule has 0 spiro atoms. The van der Waals surface area contributed by atoms with Gasteiger partial charge in [0.2, 0.25) is 0 Å². The maximum atomic E-state index is 12.2. The number of carbonyl (C=O) groups excluding carboxylic acids is 2. The molecule has 0 aromatic heterocycles. The van der Waals surface area contributed by atoms with Gasteiger partial charge in [0.15, 0.2) is 0 Å². The minimum Gasteiger partial charge on any atom is -0.494 e. The van der Waals surface area contributed by atoms with Crippen molar-refractivity contribution < 1.29 is 23.8 Å². The van der Waals surface area contributed by atoms with E-state index in [1.165, 1.54) is 0 Å². The number of nitrogens with zero attached hydrogens (tertiary/aromatic N) is 4. The Morgan fingerprint density at radius 3 is 1.64 bits per heavy atom. The van der Waals surface area contributed by atoms with Gasteiger partial charge in [-0.25, -0.2) is 9.59 Å². The van der Waals surface area contributed by atoms with Gasteiger partial charge in [0, 0.05) is 24.5 Å². The first-order valence-electron chi connectivity index (χ1n) is 15.4. The van der Waals surface area contributed by atoms with Crippen molar-refractivity contribution in [1.82, 2.24) is 4.90 Å². The summed E-state index contributed by atoms with van der Waals surface area (Å²) in [5.41, 5.74) is 3.27. The van der Waals surface area contributed by atoms with E-state index in [9.17, 15) is 9.59 Å². The Morgan fingerprint density at radius 1 is 0.617 bits per heavy atom. The smallest absolute Gasteiger partial charge is 0.411 e. The van der Waals surface area contributed by atoms with Gasteiger partial charge in [0.05, 0.1) is 29.6 Å². The standard InChI is InChI=1S/C36H38N6O5/c37-28-29-14-16-32(17-15-29)40-41-33-18-20-34(21-19-33)45-25-9-3-8-22-42(23-26-46-35(43)38-30-10-4-1-5-11-30)24-27-47-36(44)39-31-12-6-2-7-13-31/h1-2,4-7,10-21H,3,8-9,22-27H2,(H,38,43)(H,39,44). The number of para-hydroxylation sites is 2. The van der Waals surface area contributed by atoms with E-state index in [0.29, 0.717) is 48.0 Å². The number of ether oxygens (including phenoxy) is 3. The molecule has 0 unspecified atom stereocenters. The summed E-state index contributed by atoms with van der Waals surface area (Å²) in [6.45, 7) is 2.69. The van der Waals surface area contributed by atoms with E-state index >= 15 is 0 Å². The van der Waals surface area contributed by atoms with Crippen LogP contribution >= 0.6 is 0 Å². The molecule has 2 amide bonds. The third-order valence-electron chi connectivity index (χ3n) is 6.82. The highest BCUT2D eigenvalue weighted by atomic mass is 16.6. The van der Waals surface area contributed by atoms with Gasteiger partial charge in [-0.1, -0.05) is 36.4 Å². The lowest BCUT2D eigenvalue weighted by molar-refractivity contribution is 0.116. The molecule has 0 saturated heterocycles. The van der Waals surface area contributed by atoms with E-state index in [2.05, 4.69) is 31.8 Å². The zero-order valence-electron chi connectivity index (χ0n) is 26.1. The van der Waals surface area contributed by atoms with Crippen molar-refractivity contribution in [3.8, 4) is 11.8 Å². The number of benzene rings is 4. The summed E-state index contributed by atoms with van der Waals surface area (Å²) in [4.78, 5) is 26.5. The van der Waals surface area contributed by atoms with Crippen molar-refractivity contribution in [1.29, 1.82) is 5.26 Å². The molecule has 0 atom stereocenters. The van der Waals surface area contributed by atoms with Crippen molar-refractivity contribution in [3.05, 3.63) is 115 Å². The molecular formula is C36H38N6O5. The van der Waals surface area contributed by atoms with E-state index < -0.39 is 12.2 Å². The highest BCUT2D eigenvalue weighted by molar-refractivity contribution is 5.85. The summed E-state index contributed by atoms with van der Waals surface area (Å²) in [6, 6.07) is 34.6. The Balaban J connectivity index is 1.15. The Labute approximate surface area is 274 Å². The quantitative estimate of drug-likeness (QED) is 0.0880. The van der Waals surface area contributed by atoms with Crippen LogP contribution in [0, 0.1) is 11.3 Å². The minimum absolute atomic E-state index is 0.195. The van der Waals surface area contributed by atoms with Gasteiger partial charge < -0.3 is 14.2 Å². The normalized spacial score (nSPS) is 10.7. The summed E-state index contributed by atoms with van der Waals surface area (Å²) < 4.78 is 16.6. The number of unbranched alkanes of at least 4 members (excludes halogenated alkanes) is 2. The number of hydrogen-bond donors (Lipinski definition) is 2. The summed E-state index contributed by atoms with van der Waals surface area (Å²) in [5, 5.41) is 22.7. The van der Waals surface area contributed by atoms with Gasteiger partial charge in [-0.3, -0.25) is 15.5 Å². The fourth-order valence-corrected chi connectivity index (χ4v) is 4.35. The Bertz CT molecular complexity index is 1520. The zero-order chi connectivity index (χ0) is 32.9. The molecule has 0 aliphatic heterocycles. The van der Waals surface area contributed by atoms with Crippen LogP contribution in [0.25, 0.3) is 0 Å². The molecule has 0 bridgehead atoms. The molecule has 0 fully saturated rings. The second-order valence-electron chi connectivity index (χ2n) is 10.4. The first-order chi connectivity index (χ1) is 23.1. The Hall–Kier alpha value is -5.73. The molecule has 4 rings (SSSR count). The topological polar surface area (TPSA) is 138 Å². The third-order valence-corrected chi connectivity index (χ3v) is 6.82. The second kappa shape index (κ2) is 19.6. The second-order valence-corrected chi connectivity index (χ2v) is 10.4. The lowest BCUT2D eigenvalue weighted by atomic mass is 10.2. The van der Waals surface area contributed by atoms with Crippen LogP contribution in [-0.2, 0) is 9.47 Å². The van der Waals surface area contributed by atoms with Crippen LogP contribution in [0.2, 0.25) is 0 Å². The van der Waals surface area contributed by atoms with Crippen molar-refractivity contribution in [2.24, 2.45) is 10.2 Å². The SMILES string of the molecule is N#Cc1ccc(N=Nc2ccc(OCCCCCN(CCOC(=O)Nc3ccccc3)CCOC(=O)Nc3ccccc3)cc2)cc1. The number of rotatable bonds is 17. The summed E-state index contributed by atoms with van der Waals surface area (Å²) >= 11 is 0. The van der Waals surface area contributed by atoms with E-state index in [1.54, 1.807) is 48.5 Å². The maximum Gasteiger partial charge on any atom is 0.411 e. The van der Waals surface area contributed by atoms with Gasteiger partial charge in [0.25, 0.3) is 0 Å². The number of hydrogen-bond acceptors (Lipinski definition) is 9. The van der Waals surface area contributed by atoms with E-state index in [4.69, 9.17) is 19.5 Å². The minimum atomic E-state index is -0.519. The molecule has 11 nitrogen and oxygen atoms in total. The highest BCUT2D eigenvalue weighted by Crippen LogP contribution is 2.22. The average Bonchev–Trinajstić information content (AvgIpc) is 3.10. The average molecular weight is 635 g/mol. The fourth-order valence-electron chi connectivity index (χ4n) is 4.35. The maximum absolute atomic E-state index is 12.2. The van der Waals surface area contributed by atoms with Crippen LogP contribution in [0.1, 0.15) is 24.8 Å². The number of amides is 2. The molecule has 0 saturated carbocycles. The predicted molar refractivity (Wildman–Crippen MR) is 180 cm³/mol. The number of azo groups is 1. The molecule has 0 aliphatic carbocycles. The van der Waals surface area contributed by atoms with Crippen molar-refractivity contribution in [2.75, 3.05) is 50.1 Å². The lowest BCUT2D eigenvalue weighted by Crippen LogP contribution is -2.34. The number of nitriles is 1. The predicted octanol–water partition coefficient (Wildman–Crippen LogP) is 8.32. The molecule has 11 heteroatoms. The molecular weight excluding hydrogens is 596 g/mol. The molecule has 4 aromatic carbocycles. The lowest BCUT2D eigenvalue weighted by Gasteiger charge is -2.22. The first kappa shape index (κ1) is 34.1. The van der Waals surface area contributed by atoms with E-state index in [-0.39, 0.29) is 13.2 Å². The molecule has 0 heterocycles. The molecule has 4 aromatic rings. The van der Waals surface area contributed by atoms with Gasteiger partial charge in [-0.2, -0.15) is 15.5 Å². The summed E-state index contributed by atoms with van der Waals surface area (Å²) in [7, 11) is 0. The summed E-state index contributed by atoms with van der Waals surface area (Å²) in [5.74, 6) is 0.751. The molecule has 0 aliphatic rings. The van der Waals surface area contributed by atoms with Crippen molar-refractivity contribution in [3.63, 3.8) is 0 Å². The van der Waals surface area contributed by atoms with Crippen LogP contribution in [0.3, 0.4) is 0 Å². The highest BCUT2D eigenvalue weighted by Gasteiger charge is 2.10. The zero-order valence-corrected chi connectivity index (χ0v) is 26.1.